The predicted molar refractivity (Wildman–Crippen MR) is 157 cm³/mol. The van der Waals surface area contributed by atoms with Gasteiger partial charge in [0.2, 0.25) is 0 Å². The zero-order valence-corrected chi connectivity index (χ0v) is 23.2. The number of ether oxygens (including phenoxy) is 2. The lowest BCUT2D eigenvalue weighted by Crippen LogP contribution is -2.50. The van der Waals surface area contributed by atoms with Crippen LogP contribution in [-0.4, -0.2) is 48.2 Å². The summed E-state index contributed by atoms with van der Waals surface area (Å²) in [6.07, 6.45) is 7.46. The Morgan fingerprint density at radius 1 is 1.00 bits per heavy atom. The van der Waals surface area contributed by atoms with Gasteiger partial charge in [-0.1, -0.05) is 60.7 Å². The van der Waals surface area contributed by atoms with E-state index in [9.17, 15) is 9.59 Å². The molecule has 2 fully saturated rings. The van der Waals surface area contributed by atoms with Crippen molar-refractivity contribution in [3.05, 3.63) is 95.6 Å². The van der Waals surface area contributed by atoms with Crippen molar-refractivity contribution in [1.82, 2.24) is 10.4 Å². The van der Waals surface area contributed by atoms with Crippen molar-refractivity contribution >= 4 is 17.8 Å². The number of nitrogens with zero attached hydrogens (tertiary/aromatic N) is 1. The average molecular weight is 553 g/mol. The Balaban J connectivity index is 1.02. The molecule has 0 aromatic heterocycles. The Morgan fingerprint density at radius 2 is 1.78 bits per heavy atom. The smallest absolute Gasteiger partial charge is 0.267 e. The predicted octanol–water partition coefficient (Wildman–Crippen LogP) is 5.94. The number of hydrogen-bond acceptors (Lipinski definition) is 6. The van der Waals surface area contributed by atoms with Gasteiger partial charge in [-0.25, -0.2) is 10.3 Å². The standard InChI is InChI=1S/C34H36N2O5/c37-30-23-34(17-19-36(20-18-34)24-26-9-13-28(14-10-26)27-6-2-1-3-7-27)40-31-15-11-25(22-29(30)31)12-16-32(38)35-41-33-8-4-5-21-39-33/h1-3,6-7,9-16,22,33H,4-5,8,17-21,23-24H2,(H,35,38). The third-order valence-electron chi connectivity index (χ3n) is 8.20. The van der Waals surface area contributed by atoms with Crippen LogP contribution < -0.4 is 10.2 Å². The van der Waals surface area contributed by atoms with Gasteiger partial charge in [0.15, 0.2) is 12.1 Å². The Kier molecular flexibility index (Phi) is 8.28. The first kappa shape index (κ1) is 27.4. The molecule has 1 amide bonds. The molecule has 7 heteroatoms. The fourth-order valence-corrected chi connectivity index (χ4v) is 5.84. The summed E-state index contributed by atoms with van der Waals surface area (Å²) in [6, 6.07) is 24.7. The van der Waals surface area contributed by atoms with E-state index in [0.717, 1.165) is 57.3 Å². The quantitative estimate of drug-likeness (QED) is 0.289. The van der Waals surface area contributed by atoms with Crippen molar-refractivity contribution in [2.45, 2.75) is 57.0 Å². The monoisotopic (exact) mass is 552 g/mol. The molecule has 3 aliphatic heterocycles. The third kappa shape index (κ3) is 6.76. The molecule has 3 aromatic rings. The van der Waals surface area contributed by atoms with E-state index in [0.29, 0.717) is 24.3 Å². The molecule has 41 heavy (non-hydrogen) atoms. The summed E-state index contributed by atoms with van der Waals surface area (Å²) < 4.78 is 11.9. The lowest BCUT2D eigenvalue weighted by Gasteiger charge is -2.44. The van der Waals surface area contributed by atoms with Crippen LogP contribution in [0.5, 0.6) is 5.75 Å². The summed E-state index contributed by atoms with van der Waals surface area (Å²) in [4.78, 5) is 33.1. The maximum atomic E-state index is 13.2. The van der Waals surface area contributed by atoms with Crippen LogP contribution in [0.1, 0.15) is 60.0 Å². The number of nitrogens with one attached hydrogen (secondary N) is 1. The fraction of sp³-hybridized carbons (Fsp3) is 0.353. The molecule has 0 saturated carbocycles. The molecule has 3 aliphatic rings. The molecular formula is C34H36N2O5. The molecule has 3 aromatic carbocycles. The van der Waals surface area contributed by atoms with E-state index in [2.05, 4.69) is 58.9 Å². The normalized spacial score (nSPS) is 20.5. The summed E-state index contributed by atoms with van der Waals surface area (Å²) in [6.45, 7) is 3.29. The van der Waals surface area contributed by atoms with Crippen LogP contribution in [0.25, 0.3) is 17.2 Å². The highest BCUT2D eigenvalue weighted by atomic mass is 16.8. The highest BCUT2D eigenvalue weighted by Gasteiger charge is 2.42. The summed E-state index contributed by atoms with van der Waals surface area (Å²) in [5, 5.41) is 0. The molecule has 1 atom stereocenters. The number of likely N-dealkylation sites (tertiary alicyclic amines) is 1. The van der Waals surface area contributed by atoms with Gasteiger partial charge in [0, 0.05) is 51.6 Å². The molecule has 2 saturated heterocycles. The summed E-state index contributed by atoms with van der Waals surface area (Å²) in [5.41, 5.74) is 7.03. The number of hydrogen-bond donors (Lipinski definition) is 1. The molecule has 6 rings (SSSR count). The Bertz CT molecular complexity index is 1390. The van der Waals surface area contributed by atoms with Gasteiger partial charge in [0.05, 0.1) is 12.0 Å². The molecular weight excluding hydrogens is 516 g/mol. The van der Waals surface area contributed by atoms with Gasteiger partial charge in [-0.3, -0.25) is 14.5 Å². The molecule has 1 unspecified atom stereocenters. The van der Waals surface area contributed by atoms with Crippen molar-refractivity contribution in [3.63, 3.8) is 0 Å². The van der Waals surface area contributed by atoms with Gasteiger partial charge in [0.25, 0.3) is 5.91 Å². The van der Waals surface area contributed by atoms with Crippen molar-refractivity contribution in [3.8, 4) is 16.9 Å². The zero-order valence-electron chi connectivity index (χ0n) is 23.2. The number of Topliss-reactive ketones (excluding diaryl/α,β-unsaturated/α-hetero) is 1. The minimum absolute atomic E-state index is 0.0914. The molecule has 7 nitrogen and oxygen atoms in total. The van der Waals surface area contributed by atoms with Crippen LogP contribution in [0.4, 0.5) is 0 Å². The number of benzene rings is 3. The number of rotatable bonds is 7. The number of carbonyl (C=O) groups is 2. The number of carbonyl (C=O) groups excluding carboxylic acids is 2. The largest absolute Gasteiger partial charge is 0.486 e. The lowest BCUT2D eigenvalue weighted by atomic mass is 9.82. The van der Waals surface area contributed by atoms with Gasteiger partial charge in [-0.15, -0.1) is 0 Å². The van der Waals surface area contributed by atoms with Crippen LogP contribution in [0.15, 0.2) is 78.9 Å². The van der Waals surface area contributed by atoms with Crippen molar-refractivity contribution in [2.75, 3.05) is 19.7 Å². The fourth-order valence-electron chi connectivity index (χ4n) is 5.84. The molecule has 0 bridgehead atoms. The van der Waals surface area contributed by atoms with Gasteiger partial charge >= 0.3 is 0 Å². The van der Waals surface area contributed by atoms with E-state index >= 15 is 0 Å². The van der Waals surface area contributed by atoms with Crippen molar-refractivity contribution < 1.29 is 23.9 Å². The second-order valence-corrected chi connectivity index (χ2v) is 11.2. The first-order valence-electron chi connectivity index (χ1n) is 14.5. The van der Waals surface area contributed by atoms with Gasteiger partial charge < -0.3 is 9.47 Å². The number of piperidine rings is 1. The van der Waals surface area contributed by atoms with E-state index in [1.165, 1.54) is 22.8 Å². The number of amides is 1. The molecule has 212 valence electrons. The topological polar surface area (TPSA) is 77.1 Å². The van der Waals surface area contributed by atoms with Gasteiger partial charge in [0.1, 0.15) is 11.4 Å². The first-order valence-corrected chi connectivity index (χ1v) is 14.5. The van der Waals surface area contributed by atoms with Crippen LogP contribution in [0, 0.1) is 0 Å². The van der Waals surface area contributed by atoms with Crippen molar-refractivity contribution in [2.24, 2.45) is 0 Å². The van der Waals surface area contributed by atoms with E-state index in [-0.39, 0.29) is 11.7 Å². The minimum Gasteiger partial charge on any atom is -0.486 e. The molecule has 0 aliphatic carbocycles. The number of fused-ring (bicyclic) bond motifs is 1. The van der Waals surface area contributed by atoms with E-state index < -0.39 is 11.9 Å². The van der Waals surface area contributed by atoms with Gasteiger partial charge in [-0.05, 0) is 53.3 Å². The second kappa shape index (κ2) is 12.4. The maximum absolute atomic E-state index is 13.2. The van der Waals surface area contributed by atoms with Gasteiger partial charge in [-0.2, -0.15) is 0 Å². The Hall–Kier alpha value is -3.78. The SMILES string of the molecule is O=C(C=Cc1ccc2c(c1)C(=O)CC1(CCN(Cc3ccc(-c4ccccc4)cc3)CC1)O2)NOC1CCCCO1. The van der Waals surface area contributed by atoms with Crippen LogP contribution in [0.2, 0.25) is 0 Å². The van der Waals surface area contributed by atoms with E-state index in [4.69, 9.17) is 14.3 Å². The third-order valence-corrected chi connectivity index (χ3v) is 8.20. The first-order chi connectivity index (χ1) is 20.1. The molecule has 1 spiro atoms. The van der Waals surface area contributed by atoms with Crippen LogP contribution in [0.3, 0.4) is 0 Å². The van der Waals surface area contributed by atoms with Crippen molar-refractivity contribution in [1.29, 1.82) is 0 Å². The summed E-state index contributed by atoms with van der Waals surface area (Å²) in [7, 11) is 0. The molecule has 1 N–H and O–H groups in total. The average Bonchev–Trinajstić information content (AvgIpc) is 3.02. The zero-order chi connectivity index (χ0) is 28.1. The maximum Gasteiger partial charge on any atom is 0.267 e. The number of ketones is 1. The molecule has 0 radical (unpaired) electrons. The second-order valence-electron chi connectivity index (χ2n) is 11.2. The van der Waals surface area contributed by atoms with E-state index in [1.807, 2.05) is 18.2 Å². The summed E-state index contributed by atoms with van der Waals surface area (Å²) in [5.74, 6) is 0.344. The highest BCUT2D eigenvalue weighted by Crippen LogP contribution is 2.40. The minimum atomic E-state index is -0.451. The van der Waals surface area contributed by atoms with Crippen LogP contribution >= 0.6 is 0 Å². The summed E-state index contributed by atoms with van der Waals surface area (Å²) >= 11 is 0. The Morgan fingerprint density at radius 3 is 2.54 bits per heavy atom. The lowest BCUT2D eigenvalue weighted by molar-refractivity contribution is -0.198. The number of hydroxylamine groups is 1. The van der Waals surface area contributed by atoms with Crippen LogP contribution in [-0.2, 0) is 20.9 Å². The van der Waals surface area contributed by atoms with E-state index in [1.54, 1.807) is 12.1 Å². The molecule has 3 heterocycles. The highest BCUT2D eigenvalue weighted by molar-refractivity contribution is 6.01. The Labute approximate surface area is 241 Å².